The predicted octanol–water partition coefficient (Wildman–Crippen LogP) is 4.90. The Labute approximate surface area is 182 Å². The first-order valence-corrected chi connectivity index (χ1v) is 10.3. The van der Waals surface area contributed by atoms with Crippen LogP contribution in [-0.4, -0.2) is 21.0 Å². The number of nitriles is 1. The maximum atomic E-state index is 12.4. The lowest BCUT2D eigenvalue weighted by Gasteiger charge is -2.02. The number of benzene rings is 1. The molecule has 1 N–H and O–H groups in total. The Kier molecular flexibility index (Phi) is 6.89. The van der Waals surface area contributed by atoms with E-state index < -0.39 is 10.8 Å². The van der Waals surface area contributed by atoms with E-state index in [1.165, 1.54) is 29.5 Å². The van der Waals surface area contributed by atoms with Crippen LogP contribution in [0.1, 0.15) is 36.1 Å². The quantitative estimate of drug-likeness (QED) is 0.229. The Bertz CT molecular complexity index is 1190. The molecule has 2 aromatic heterocycles. The van der Waals surface area contributed by atoms with Gasteiger partial charge in [0, 0.05) is 30.2 Å². The molecule has 0 aliphatic heterocycles. The van der Waals surface area contributed by atoms with E-state index in [1.54, 1.807) is 18.2 Å². The van der Waals surface area contributed by atoms with Gasteiger partial charge in [0.05, 0.1) is 4.92 Å². The largest absolute Gasteiger partial charge is 0.457 e. The molecule has 0 radical (unpaired) electrons. The first kappa shape index (κ1) is 21.9. The summed E-state index contributed by atoms with van der Waals surface area (Å²) in [6.07, 6.45) is 4.11. The van der Waals surface area contributed by atoms with Crippen LogP contribution in [0.15, 0.2) is 40.3 Å². The second kappa shape index (κ2) is 9.77. The third-order valence-electron chi connectivity index (χ3n) is 4.41. The number of furan rings is 1. The molecule has 10 heteroatoms. The van der Waals surface area contributed by atoms with Gasteiger partial charge in [0.15, 0.2) is 0 Å². The van der Waals surface area contributed by atoms with Gasteiger partial charge in [-0.15, -0.1) is 10.2 Å². The lowest BCUT2D eigenvalue weighted by atomic mass is 10.1. The number of carbonyl (C=O) groups excluding carboxylic acids is 1. The number of nitrogens with one attached hydrogen (secondary N) is 1. The summed E-state index contributed by atoms with van der Waals surface area (Å²) in [6.45, 7) is 3.89. The van der Waals surface area contributed by atoms with Crippen LogP contribution in [0.25, 0.3) is 17.4 Å². The number of nitro groups is 1. The van der Waals surface area contributed by atoms with Crippen molar-refractivity contribution in [3.63, 3.8) is 0 Å². The van der Waals surface area contributed by atoms with Crippen molar-refractivity contribution >= 4 is 34.1 Å². The Morgan fingerprint density at radius 2 is 2.16 bits per heavy atom. The van der Waals surface area contributed by atoms with Crippen LogP contribution in [0, 0.1) is 28.4 Å². The van der Waals surface area contributed by atoms with Crippen molar-refractivity contribution < 1.29 is 14.1 Å². The minimum absolute atomic E-state index is 0.0541. The Morgan fingerprint density at radius 3 is 2.87 bits per heavy atom. The fourth-order valence-electron chi connectivity index (χ4n) is 2.75. The van der Waals surface area contributed by atoms with Crippen molar-refractivity contribution in [3.05, 3.63) is 62.4 Å². The predicted molar refractivity (Wildman–Crippen MR) is 116 cm³/mol. The zero-order chi connectivity index (χ0) is 22.4. The highest BCUT2D eigenvalue weighted by atomic mass is 32.1. The van der Waals surface area contributed by atoms with Crippen LogP contribution in [0.5, 0.6) is 0 Å². The first-order chi connectivity index (χ1) is 14.9. The summed E-state index contributed by atoms with van der Waals surface area (Å²) in [5, 5.41) is 32.1. The van der Waals surface area contributed by atoms with Gasteiger partial charge in [-0.3, -0.25) is 20.2 Å². The lowest BCUT2D eigenvalue weighted by Crippen LogP contribution is -2.13. The zero-order valence-electron chi connectivity index (χ0n) is 16.9. The molecule has 158 valence electrons. The molecule has 0 fully saturated rings. The van der Waals surface area contributed by atoms with Crippen LogP contribution >= 0.6 is 11.3 Å². The number of unbranched alkanes of at least 4 members (excludes halogenated alkanes) is 1. The first-order valence-electron chi connectivity index (χ1n) is 9.52. The molecule has 1 aromatic carbocycles. The van der Waals surface area contributed by atoms with Gasteiger partial charge in [-0.1, -0.05) is 30.7 Å². The van der Waals surface area contributed by atoms with Gasteiger partial charge in [0.1, 0.15) is 28.2 Å². The average molecular weight is 437 g/mol. The number of aryl methyl sites for hydroxylation is 2. The van der Waals surface area contributed by atoms with E-state index in [-0.39, 0.29) is 17.0 Å². The Morgan fingerprint density at radius 1 is 1.35 bits per heavy atom. The van der Waals surface area contributed by atoms with E-state index in [0.717, 1.165) is 29.8 Å². The van der Waals surface area contributed by atoms with Gasteiger partial charge >= 0.3 is 0 Å². The zero-order valence-corrected chi connectivity index (χ0v) is 17.7. The second-order valence-electron chi connectivity index (χ2n) is 6.69. The molecule has 0 saturated carbocycles. The SMILES string of the molecule is CCCCc1nnc(NC(=O)C(C#N)=Cc2ccc(-c3cc([N+](=O)[O-])ccc3C)o2)s1. The molecule has 0 aliphatic rings. The van der Waals surface area contributed by atoms with E-state index in [2.05, 4.69) is 22.4 Å². The summed E-state index contributed by atoms with van der Waals surface area (Å²) in [7, 11) is 0. The standard InChI is InChI=1S/C21H19N5O4S/c1-3-4-5-19-24-25-21(31-19)23-20(27)14(12-22)10-16-8-9-18(30-16)17-11-15(26(28)29)7-6-13(17)2/h6-11H,3-5H2,1-2H3,(H,23,25,27). The van der Waals surface area contributed by atoms with Crippen LogP contribution in [0.4, 0.5) is 10.8 Å². The summed E-state index contributed by atoms with van der Waals surface area (Å²) < 4.78 is 5.71. The molecule has 0 spiro atoms. The summed E-state index contributed by atoms with van der Waals surface area (Å²) >= 11 is 1.27. The van der Waals surface area contributed by atoms with Crippen molar-refractivity contribution in [2.24, 2.45) is 0 Å². The highest BCUT2D eigenvalue weighted by Crippen LogP contribution is 2.30. The second-order valence-corrected chi connectivity index (χ2v) is 7.75. The smallest absolute Gasteiger partial charge is 0.270 e. The van der Waals surface area contributed by atoms with Crippen LogP contribution in [0.3, 0.4) is 0 Å². The number of hydrogen-bond acceptors (Lipinski definition) is 8. The highest BCUT2D eigenvalue weighted by Gasteiger charge is 2.16. The summed E-state index contributed by atoms with van der Waals surface area (Å²) in [6, 6.07) is 9.55. The van der Waals surface area contributed by atoms with E-state index >= 15 is 0 Å². The molecule has 0 unspecified atom stereocenters. The van der Waals surface area contributed by atoms with Crippen LogP contribution in [-0.2, 0) is 11.2 Å². The van der Waals surface area contributed by atoms with Crippen molar-refractivity contribution in [1.82, 2.24) is 10.2 Å². The van der Waals surface area contributed by atoms with Crippen LogP contribution < -0.4 is 5.32 Å². The van der Waals surface area contributed by atoms with Crippen molar-refractivity contribution in [2.75, 3.05) is 5.32 Å². The number of non-ortho nitro benzene ring substituents is 1. The molecule has 3 aromatic rings. The summed E-state index contributed by atoms with van der Waals surface area (Å²) in [4.78, 5) is 23.0. The van der Waals surface area contributed by atoms with Gasteiger partial charge < -0.3 is 4.42 Å². The number of amides is 1. The molecule has 31 heavy (non-hydrogen) atoms. The van der Waals surface area contributed by atoms with Crippen molar-refractivity contribution in [2.45, 2.75) is 33.1 Å². The molecule has 0 aliphatic carbocycles. The Balaban J connectivity index is 1.78. The fourth-order valence-corrected chi connectivity index (χ4v) is 3.53. The van der Waals surface area contributed by atoms with Gasteiger partial charge in [-0.2, -0.15) is 5.26 Å². The van der Waals surface area contributed by atoms with E-state index in [1.807, 2.05) is 13.0 Å². The molecule has 0 bridgehead atoms. The third-order valence-corrected chi connectivity index (χ3v) is 5.31. The maximum absolute atomic E-state index is 12.4. The van der Waals surface area contributed by atoms with Gasteiger partial charge in [0.2, 0.25) is 5.13 Å². The maximum Gasteiger partial charge on any atom is 0.270 e. The number of rotatable bonds is 8. The third kappa shape index (κ3) is 5.40. The fraction of sp³-hybridized carbons (Fsp3) is 0.238. The monoisotopic (exact) mass is 437 g/mol. The van der Waals surface area contributed by atoms with Gasteiger partial charge in [-0.25, -0.2) is 0 Å². The molecule has 2 heterocycles. The number of nitro benzene ring substituents is 1. The molecular weight excluding hydrogens is 418 g/mol. The van der Waals surface area contributed by atoms with E-state index in [4.69, 9.17) is 4.42 Å². The van der Waals surface area contributed by atoms with Gasteiger partial charge in [-0.05, 0) is 31.0 Å². The number of aromatic nitrogens is 2. The summed E-state index contributed by atoms with van der Waals surface area (Å²) in [5.41, 5.74) is 1.14. The van der Waals surface area contributed by atoms with Crippen LogP contribution in [0.2, 0.25) is 0 Å². The Hall–Kier alpha value is -3.84. The number of hydrogen-bond donors (Lipinski definition) is 1. The average Bonchev–Trinajstić information content (AvgIpc) is 3.40. The molecule has 1 amide bonds. The number of anilines is 1. The number of nitrogens with zero attached hydrogens (tertiary/aromatic N) is 4. The van der Waals surface area contributed by atoms with Crippen molar-refractivity contribution in [1.29, 1.82) is 5.26 Å². The molecular formula is C21H19N5O4S. The van der Waals surface area contributed by atoms with Gasteiger partial charge in [0.25, 0.3) is 11.6 Å². The summed E-state index contributed by atoms with van der Waals surface area (Å²) in [5.74, 6) is 0.0495. The number of carbonyl (C=O) groups is 1. The minimum Gasteiger partial charge on any atom is -0.457 e. The molecule has 9 nitrogen and oxygen atoms in total. The minimum atomic E-state index is -0.620. The topological polar surface area (TPSA) is 135 Å². The molecule has 0 atom stereocenters. The normalized spacial score (nSPS) is 11.2. The van der Waals surface area contributed by atoms with Crippen molar-refractivity contribution in [3.8, 4) is 17.4 Å². The lowest BCUT2D eigenvalue weighted by molar-refractivity contribution is -0.384. The highest BCUT2D eigenvalue weighted by molar-refractivity contribution is 7.15. The van der Waals surface area contributed by atoms with E-state index in [9.17, 15) is 20.2 Å². The van der Waals surface area contributed by atoms with E-state index in [0.29, 0.717) is 16.5 Å². The molecule has 3 rings (SSSR count). The molecule has 0 saturated heterocycles.